The topological polar surface area (TPSA) is 61.3 Å². The first-order valence-electron chi connectivity index (χ1n) is 9.52. The van der Waals surface area contributed by atoms with E-state index in [1.807, 2.05) is 17.8 Å². The minimum absolute atomic E-state index is 0.310. The molecule has 0 aliphatic carbocycles. The molecule has 1 saturated heterocycles. The van der Waals surface area contributed by atoms with Crippen molar-refractivity contribution in [2.24, 2.45) is 0 Å². The fourth-order valence-electron chi connectivity index (χ4n) is 3.53. The first-order chi connectivity index (χ1) is 13.7. The van der Waals surface area contributed by atoms with E-state index in [9.17, 15) is 0 Å². The first kappa shape index (κ1) is 19.3. The van der Waals surface area contributed by atoms with Crippen LogP contribution in [0.1, 0.15) is 19.8 Å². The number of rotatable bonds is 4. The van der Waals surface area contributed by atoms with Crippen LogP contribution < -0.4 is 5.32 Å². The first-order valence-corrected chi connectivity index (χ1v) is 11.3. The lowest BCUT2D eigenvalue weighted by molar-refractivity contribution is 0.192. The summed E-state index contributed by atoms with van der Waals surface area (Å²) < 4.78 is 1.21. The molecule has 1 unspecified atom stereocenters. The fraction of sp³-hybridized carbons (Fsp3) is 0.333. The van der Waals surface area contributed by atoms with Gasteiger partial charge in [-0.1, -0.05) is 0 Å². The molecule has 1 fully saturated rings. The molecular formula is C21H24N4OS2. The molecule has 5 rings (SSSR count). The molecule has 7 heteroatoms. The summed E-state index contributed by atoms with van der Waals surface area (Å²) in [5.74, 6) is 0. The quantitative estimate of drug-likeness (QED) is 0.488. The average molecular weight is 413 g/mol. The molecule has 1 aliphatic rings. The van der Waals surface area contributed by atoms with Gasteiger partial charge in [-0.3, -0.25) is 4.90 Å². The minimum atomic E-state index is 0.310. The number of thiophene rings is 1. The predicted octanol–water partition coefficient (Wildman–Crippen LogP) is 5.11. The number of benzene rings is 1. The molecule has 2 N–H and O–H groups in total. The molecule has 0 amide bonds. The number of hydrogen-bond donors (Lipinski definition) is 2. The molecule has 1 aromatic carbocycles. The summed E-state index contributed by atoms with van der Waals surface area (Å²) in [5, 5.41) is 15.3. The molecule has 3 aromatic heterocycles. The molecule has 0 radical (unpaired) electrons. The van der Waals surface area contributed by atoms with Crippen LogP contribution in [0.5, 0.6) is 0 Å². The Bertz CT molecular complexity index is 1040. The zero-order valence-corrected chi connectivity index (χ0v) is 17.5. The number of fused-ring (bicyclic) bond motifs is 2. The van der Waals surface area contributed by atoms with Crippen LogP contribution in [0.25, 0.3) is 20.4 Å². The van der Waals surface area contributed by atoms with Gasteiger partial charge in [-0.15, -0.1) is 22.7 Å². The summed E-state index contributed by atoms with van der Waals surface area (Å²) in [6.07, 6.45) is 4.45. The van der Waals surface area contributed by atoms with Crippen molar-refractivity contribution in [3.05, 3.63) is 47.4 Å². The number of aromatic nitrogens is 2. The standard InChI is InChI=1S/C14H9N3S2.C7H15NO/c1-2-13-12(16-8-19-13)7-9(1)17-11-3-5-15-14-10(11)4-6-18-14;1-7-3-2-4-8(7)5-6-9/h1-8H,(H,15,17);7,9H,2-6H2,1H3. The Balaban J connectivity index is 0.000000181. The van der Waals surface area contributed by atoms with Crippen LogP contribution in [0.4, 0.5) is 11.4 Å². The predicted molar refractivity (Wildman–Crippen MR) is 120 cm³/mol. The Labute approximate surface area is 172 Å². The van der Waals surface area contributed by atoms with E-state index >= 15 is 0 Å². The third-order valence-electron chi connectivity index (χ3n) is 5.06. The molecular weight excluding hydrogens is 388 g/mol. The van der Waals surface area contributed by atoms with E-state index in [-0.39, 0.29) is 0 Å². The number of hydrogen-bond acceptors (Lipinski definition) is 7. The van der Waals surface area contributed by atoms with E-state index < -0.39 is 0 Å². The van der Waals surface area contributed by atoms with Crippen LogP contribution in [0.2, 0.25) is 0 Å². The Morgan fingerprint density at radius 1 is 1.21 bits per heavy atom. The van der Waals surface area contributed by atoms with Gasteiger partial charge in [0.2, 0.25) is 0 Å². The van der Waals surface area contributed by atoms with Crippen molar-refractivity contribution in [2.45, 2.75) is 25.8 Å². The second-order valence-electron chi connectivity index (χ2n) is 6.91. The van der Waals surface area contributed by atoms with E-state index in [2.05, 4.69) is 56.8 Å². The molecule has 5 nitrogen and oxygen atoms in total. The van der Waals surface area contributed by atoms with E-state index in [0.29, 0.717) is 12.6 Å². The van der Waals surface area contributed by atoms with Crippen molar-refractivity contribution in [3.8, 4) is 0 Å². The monoisotopic (exact) mass is 412 g/mol. The third-order valence-corrected chi connectivity index (χ3v) is 6.69. The molecule has 1 aliphatic heterocycles. The second kappa shape index (κ2) is 8.96. The number of thiazole rings is 1. The summed E-state index contributed by atoms with van der Waals surface area (Å²) in [6.45, 7) is 4.58. The molecule has 4 heterocycles. The van der Waals surface area contributed by atoms with Gasteiger partial charge in [-0.25, -0.2) is 9.97 Å². The highest BCUT2D eigenvalue weighted by molar-refractivity contribution is 7.17. The Morgan fingerprint density at radius 2 is 2.14 bits per heavy atom. The highest BCUT2D eigenvalue weighted by atomic mass is 32.1. The summed E-state index contributed by atoms with van der Waals surface area (Å²) >= 11 is 3.31. The highest BCUT2D eigenvalue weighted by Gasteiger charge is 2.18. The summed E-state index contributed by atoms with van der Waals surface area (Å²) in [5.41, 5.74) is 5.04. The number of aliphatic hydroxyl groups excluding tert-OH is 1. The van der Waals surface area contributed by atoms with Crippen LogP contribution in [0, 0.1) is 0 Å². The zero-order chi connectivity index (χ0) is 19.3. The molecule has 1 atom stereocenters. The Hall–Kier alpha value is -2.06. The van der Waals surface area contributed by atoms with Gasteiger partial charge in [0.05, 0.1) is 28.0 Å². The van der Waals surface area contributed by atoms with Crippen molar-refractivity contribution >= 4 is 54.5 Å². The van der Waals surface area contributed by atoms with Crippen LogP contribution in [0.3, 0.4) is 0 Å². The molecule has 0 saturated carbocycles. The van der Waals surface area contributed by atoms with Gasteiger partial charge in [0, 0.05) is 29.9 Å². The van der Waals surface area contributed by atoms with Gasteiger partial charge in [0.15, 0.2) is 0 Å². The SMILES string of the molecule is CC1CCCN1CCO.c1cc(Nc2ccc3scnc3c2)c2ccsc2n1. The van der Waals surface area contributed by atoms with Gasteiger partial charge >= 0.3 is 0 Å². The lowest BCUT2D eigenvalue weighted by Gasteiger charge is -2.18. The van der Waals surface area contributed by atoms with Gasteiger partial charge in [0.1, 0.15) is 4.83 Å². The van der Waals surface area contributed by atoms with E-state index in [0.717, 1.165) is 33.7 Å². The minimum Gasteiger partial charge on any atom is -0.395 e. The lowest BCUT2D eigenvalue weighted by Crippen LogP contribution is -2.29. The summed E-state index contributed by atoms with van der Waals surface area (Å²) in [6, 6.07) is 11.1. The summed E-state index contributed by atoms with van der Waals surface area (Å²) in [4.78, 5) is 12.1. The largest absolute Gasteiger partial charge is 0.395 e. The molecule has 4 aromatic rings. The van der Waals surface area contributed by atoms with Gasteiger partial charge in [0.25, 0.3) is 0 Å². The van der Waals surface area contributed by atoms with E-state index in [1.165, 1.54) is 24.1 Å². The van der Waals surface area contributed by atoms with Gasteiger partial charge in [-0.2, -0.15) is 0 Å². The summed E-state index contributed by atoms with van der Waals surface area (Å²) in [7, 11) is 0. The van der Waals surface area contributed by atoms with Crippen molar-refractivity contribution in [1.29, 1.82) is 0 Å². The van der Waals surface area contributed by atoms with E-state index in [4.69, 9.17) is 5.11 Å². The maximum absolute atomic E-state index is 8.60. The number of aliphatic hydroxyl groups is 1. The smallest absolute Gasteiger partial charge is 0.125 e. The number of pyridine rings is 1. The Kier molecular flexibility index (Phi) is 6.17. The van der Waals surface area contributed by atoms with Crippen LogP contribution in [0.15, 0.2) is 47.4 Å². The lowest BCUT2D eigenvalue weighted by atomic mass is 10.2. The number of likely N-dealkylation sites (tertiary alicyclic amines) is 1. The van der Waals surface area contributed by atoms with Gasteiger partial charge < -0.3 is 10.4 Å². The average Bonchev–Trinajstić information content (AvgIpc) is 3.44. The molecule has 146 valence electrons. The second-order valence-corrected chi connectivity index (χ2v) is 8.69. The maximum Gasteiger partial charge on any atom is 0.125 e. The number of nitrogens with one attached hydrogen (secondary N) is 1. The zero-order valence-electron chi connectivity index (χ0n) is 15.8. The molecule has 28 heavy (non-hydrogen) atoms. The molecule has 0 bridgehead atoms. The maximum atomic E-state index is 8.60. The third kappa shape index (κ3) is 4.33. The van der Waals surface area contributed by atoms with Crippen LogP contribution >= 0.6 is 22.7 Å². The number of nitrogens with zero attached hydrogens (tertiary/aromatic N) is 3. The fourth-order valence-corrected chi connectivity index (χ4v) is 4.95. The highest BCUT2D eigenvalue weighted by Crippen LogP contribution is 2.29. The van der Waals surface area contributed by atoms with Crippen molar-refractivity contribution in [3.63, 3.8) is 0 Å². The van der Waals surface area contributed by atoms with Gasteiger partial charge in [-0.05, 0) is 62.0 Å². The van der Waals surface area contributed by atoms with Crippen LogP contribution in [-0.4, -0.2) is 45.7 Å². The number of β-amino-alcohol motifs (C(OH)–C–C–N with tert-alkyl or cyclic N) is 1. The Morgan fingerprint density at radius 3 is 2.96 bits per heavy atom. The van der Waals surface area contributed by atoms with Crippen molar-refractivity contribution < 1.29 is 5.11 Å². The van der Waals surface area contributed by atoms with Crippen molar-refractivity contribution in [1.82, 2.24) is 14.9 Å². The normalized spacial score (nSPS) is 17.0. The van der Waals surface area contributed by atoms with Crippen molar-refractivity contribution in [2.75, 3.05) is 25.0 Å². The number of anilines is 2. The van der Waals surface area contributed by atoms with Crippen LogP contribution in [-0.2, 0) is 0 Å². The molecule has 0 spiro atoms. The van der Waals surface area contributed by atoms with E-state index in [1.54, 1.807) is 22.7 Å².